The summed E-state index contributed by atoms with van der Waals surface area (Å²) in [6.45, 7) is 0.884. The van der Waals surface area contributed by atoms with Crippen LogP contribution in [-0.2, 0) is 4.79 Å². The van der Waals surface area contributed by atoms with Crippen LogP contribution in [0.15, 0.2) is 6.33 Å². The zero-order valence-corrected chi connectivity index (χ0v) is 11.9. The van der Waals surface area contributed by atoms with Crippen LogP contribution >= 0.6 is 22.6 Å². The molecule has 4 N–H and O–H groups in total. The minimum atomic E-state index is -0.195. The van der Waals surface area contributed by atoms with Gasteiger partial charge in [0.05, 0.1) is 9.49 Å². The van der Waals surface area contributed by atoms with Crippen LogP contribution < -0.4 is 16.4 Å². The number of carbonyl (C=O) groups is 1. The fraction of sp³-hybridized carbons (Fsp3) is 0.545. The number of nitrogens with zero attached hydrogens (tertiary/aromatic N) is 3. The lowest BCUT2D eigenvalue weighted by molar-refractivity contribution is -0.124. The average Bonchev–Trinajstić information content (AvgIpc) is 2.55. The molecule has 1 aliphatic carbocycles. The van der Waals surface area contributed by atoms with Crippen LogP contribution in [0.1, 0.15) is 22.3 Å². The molecule has 7 heteroatoms. The van der Waals surface area contributed by atoms with Gasteiger partial charge in [-0.1, -0.05) is 22.6 Å². The molecule has 3 rings (SSSR count). The molecular formula is C11H14IN5O. The number of amides is 1. The summed E-state index contributed by atoms with van der Waals surface area (Å²) in [7, 11) is 0. The van der Waals surface area contributed by atoms with Crippen LogP contribution in [0.4, 0.5) is 11.6 Å². The van der Waals surface area contributed by atoms with Crippen LogP contribution in [0.5, 0.6) is 0 Å². The number of nitrogen functional groups attached to an aromatic ring is 1. The lowest BCUT2D eigenvalue weighted by Crippen LogP contribution is -2.48. The van der Waals surface area contributed by atoms with Gasteiger partial charge in [-0.2, -0.15) is 0 Å². The molecule has 18 heavy (non-hydrogen) atoms. The van der Waals surface area contributed by atoms with E-state index in [-0.39, 0.29) is 11.8 Å². The molecule has 0 saturated heterocycles. The molecule has 6 nitrogen and oxygen atoms in total. The number of alkyl halides is 1. The highest BCUT2D eigenvalue weighted by Crippen LogP contribution is 2.45. The second-order valence-corrected chi connectivity index (χ2v) is 6.34. The largest absolute Gasteiger partial charge is 0.383 e. The molecule has 1 atom stereocenters. The summed E-state index contributed by atoms with van der Waals surface area (Å²) < 4.78 is 0.312. The summed E-state index contributed by atoms with van der Waals surface area (Å²) in [6, 6.07) is 0.357. The molecule has 1 aromatic rings. The van der Waals surface area contributed by atoms with Crippen LogP contribution in [0, 0.1) is 5.92 Å². The fourth-order valence-corrected chi connectivity index (χ4v) is 3.70. The topological polar surface area (TPSA) is 98.1 Å². The maximum absolute atomic E-state index is 11.1. The maximum Gasteiger partial charge on any atom is 0.220 e. The van der Waals surface area contributed by atoms with Gasteiger partial charge < -0.3 is 16.4 Å². The smallest absolute Gasteiger partial charge is 0.220 e. The molecule has 1 fully saturated rings. The Kier molecular flexibility index (Phi) is 2.80. The molecule has 1 unspecified atom stereocenters. The van der Waals surface area contributed by atoms with E-state index in [4.69, 9.17) is 11.5 Å². The van der Waals surface area contributed by atoms with E-state index in [1.165, 1.54) is 6.33 Å². The van der Waals surface area contributed by atoms with Crippen molar-refractivity contribution in [3.63, 3.8) is 0 Å². The highest BCUT2D eigenvalue weighted by molar-refractivity contribution is 14.1. The minimum Gasteiger partial charge on any atom is -0.383 e. The predicted octanol–water partition coefficient (Wildman–Crippen LogP) is 0.619. The molecule has 0 spiro atoms. The summed E-state index contributed by atoms with van der Waals surface area (Å²) >= 11 is 2.36. The van der Waals surface area contributed by atoms with E-state index in [0.717, 1.165) is 30.8 Å². The Morgan fingerprint density at radius 2 is 2.17 bits per heavy atom. The van der Waals surface area contributed by atoms with E-state index in [1.807, 2.05) is 0 Å². The van der Waals surface area contributed by atoms with Gasteiger partial charge in [0.2, 0.25) is 5.91 Å². The number of fused-ring (bicyclic) bond motifs is 1. The van der Waals surface area contributed by atoms with E-state index in [1.54, 1.807) is 0 Å². The molecule has 0 bridgehead atoms. The van der Waals surface area contributed by atoms with Gasteiger partial charge in [0.25, 0.3) is 0 Å². The molecule has 96 valence electrons. The lowest BCUT2D eigenvalue weighted by atomic mass is 9.79. The van der Waals surface area contributed by atoms with E-state index >= 15 is 0 Å². The zero-order chi connectivity index (χ0) is 12.9. The second kappa shape index (κ2) is 4.22. The Labute approximate surface area is 118 Å². The highest BCUT2D eigenvalue weighted by atomic mass is 127. The van der Waals surface area contributed by atoms with Crippen LogP contribution in [0.3, 0.4) is 0 Å². The van der Waals surface area contributed by atoms with E-state index < -0.39 is 0 Å². The number of carbonyl (C=O) groups excluding carboxylic acids is 1. The van der Waals surface area contributed by atoms with Crippen molar-refractivity contribution in [2.24, 2.45) is 11.7 Å². The van der Waals surface area contributed by atoms with Crippen molar-refractivity contribution < 1.29 is 4.79 Å². The highest BCUT2D eigenvalue weighted by Gasteiger charge is 2.42. The third kappa shape index (κ3) is 1.72. The number of anilines is 2. The van der Waals surface area contributed by atoms with Crippen LogP contribution in [-0.4, -0.2) is 28.5 Å². The second-order valence-electron chi connectivity index (χ2n) is 4.84. The van der Waals surface area contributed by atoms with E-state index in [9.17, 15) is 4.79 Å². The number of hydrogen-bond donors (Lipinski definition) is 2. The first-order valence-electron chi connectivity index (χ1n) is 5.88. The number of nitrogens with two attached hydrogens (primary N) is 2. The monoisotopic (exact) mass is 359 g/mol. The van der Waals surface area contributed by atoms with Gasteiger partial charge >= 0.3 is 0 Å². The first-order chi connectivity index (χ1) is 8.58. The van der Waals surface area contributed by atoms with Crippen molar-refractivity contribution in [1.82, 2.24) is 9.97 Å². The van der Waals surface area contributed by atoms with Crippen molar-refractivity contribution in [1.29, 1.82) is 0 Å². The number of aromatic nitrogens is 2. The van der Waals surface area contributed by atoms with Crippen LogP contribution in [0.2, 0.25) is 0 Å². The van der Waals surface area contributed by atoms with Crippen LogP contribution in [0.25, 0.3) is 0 Å². The van der Waals surface area contributed by atoms with Crippen molar-refractivity contribution in [3.8, 4) is 0 Å². The Morgan fingerprint density at radius 1 is 1.44 bits per heavy atom. The summed E-state index contributed by atoms with van der Waals surface area (Å²) in [5.41, 5.74) is 12.2. The maximum atomic E-state index is 11.1. The van der Waals surface area contributed by atoms with Crippen molar-refractivity contribution in [3.05, 3.63) is 11.9 Å². The van der Waals surface area contributed by atoms with Gasteiger partial charge in [-0.3, -0.25) is 4.79 Å². The molecule has 1 saturated carbocycles. The van der Waals surface area contributed by atoms with Gasteiger partial charge in [-0.25, -0.2) is 9.97 Å². The molecule has 0 radical (unpaired) electrons. The lowest BCUT2D eigenvalue weighted by Gasteiger charge is -2.40. The number of rotatable bonds is 2. The van der Waals surface area contributed by atoms with Gasteiger partial charge in [0, 0.05) is 18.5 Å². The third-order valence-electron chi connectivity index (χ3n) is 3.79. The molecule has 1 aliphatic heterocycles. The van der Waals surface area contributed by atoms with Gasteiger partial charge in [0.1, 0.15) is 18.0 Å². The number of halogens is 1. The summed E-state index contributed by atoms with van der Waals surface area (Å²) in [5, 5.41) is 0. The number of primary amides is 1. The SMILES string of the molecule is NC(=O)C1CC(N2CC(I)c3c(N)ncnc32)C1. The van der Waals surface area contributed by atoms with Gasteiger partial charge in [-0.05, 0) is 12.8 Å². The summed E-state index contributed by atoms with van der Waals surface area (Å²) in [4.78, 5) is 21.7. The van der Waals surface area contributed by atoms with E-state index in [0.29, 0.717) is 15.8 Å². The normalized spacial score (nSPS) is 29.8. The van der Waals surface area contributed by atoms with Crippen molar-refractivity contribution in [2.45, 2.75) is 22.8 Å². The van der Waals surface area contributed by atoms with Crippen molar-refractivity contribution >= 4 is 40.1 Å². The minimum absolute atomic E-state index is 0.0193. The summed E-state index contributed by atoms with van der Waals surface area (Å²) in [5.74, 6) is 1.31. The van der Waals surface area contributed by atoms with Gasteiger partial charge in [0.15, 0.2) is 0 Å². The van der Waals surface area contributed by atoms with Crippen molar-refractivity contribution in [2.75, 3.05) is 17.2 Å². The first-order valence-corrected chi connectivity index (χ1v) is 7.13. The van der Waals surface area contributed by atoms with Gasteiger partial charge in [-0.15, -0.1) is 0 Å². The Balaban J connectivity index is 1.82. The molecule has 2 heterocycles. The Bertz CT molecular complexity index is 502. The standard InChI is InChI=1S/C11H14IN5O/c12-7-3-17(6-1-5(2-6)10(14)18)11-8(7)9(13)15-4-16-11/h4-7H,1-3H2,(H2,14,18)(H2,13,15,16). The molecule has 1 amide bonds. The Hall–Kier alpha value is -1.12. The molecule has 2 aliphatic rings. The molecule has 1 aromatic heterocycles. The quantitative estimate of drug-likeness (QED) is 0.596. The Morgan fingerprint density at radius 3 is 2.83 bits per heavy atom. The third-order valence-corrected chi connectivity index (χ3v) is 4.81. The fourth-order valence-electron chi connectivity index (χ4n) is 2.68. The first kappa shape index (κ1) is 11.9. The zero-order valence-electron chi connectivity index (χ0n) is 9.71. The average molecular weight is 359 g/mol. The molecule has 0 aromatic carbocycles. The predicted molar refractivity (Wildman–Crippen MR) is 76.3 cm³/mol. The summed E-state index contributed by atoms with van der Waals surface area (Å²) in [6.07, 6.45) is 3.14. The van der Waals surface area contributed by atoms with E-state index in [2.05, 4.69) is 37.5 Å². The molecular weight excluding hydrogens is 345 g/mol. The number of hydrogen-bond acceptors (Lipinski definition) is 5.